The maximum atomic E-state index is 11.0. The Kier molecular flexibility index (Phi) is 3.76. The van der Waals surface area contributed by atoms with Crippen molar-refractivity contribution in [2.24, 2.45) is 0 Å². The zero-order chi connectivity index (χ0) is 9.68. The van der Waals surface area contributed by atoms with Crippen molar-refractivity contribution < 1.29 is 9.53 Å². The highest BCUT2D eigenvalue weighted by molar-refractivity contribution is 5.76. The molecule has 2 amide bonds. The second kappa shape index (κ2) is 4.87. The molecule has 1 aliphatic rings. The van der Waals surface area contributed by atoms with Gasteiger partial charge in [0.1, 0.15) is 0 Å². The van der Waals surface area contributed by atoms with Gasteiger partial charge in [0.2, 0.25) is 0 Å². The summed E-state index contributed by atoms with van der Waals surface area (Å²) in [4.78, 5) is 12.8. The van der Waals surface area contributed by atoms with Crippen molar-refractivity contribution in [1.29, 1.82) is 0 Å². The van der Waals surface area contributed by atoms with E-state index < -0.39 is 0 Å². The van der Waals surface area contributed by atoms with E-state index in [0.29, 0.717) is 19.8 Å². The van der Waals surface area contributed by atoms with E-state index in [2.05, 4.69) is 11.9 Å². The van der Waals surface area contributed by atoms with Gasteiger partial charge in [0.05, 0.1) is 13.2 Å². The van der Waals surface area contributed by atoms with Gasteiger partial charge >= 0.3 is 6.03 Å². The first-order valence-corrected chi connectivity index (χ1v) is 4.45. The molecule has 0 aromatic rings. The quantitative estimate of drug-likeness (QED) is 0.502. The van der Waals surface area contributed by atoms with Gasteiger partial charge in [-0.15, -0.1) is 0 Å². The van der Waals surface area contributed by atoms with Crippen LogP contribution in [0.4, 0.5) is 4.79 Å². The molecule has 1 heterocycles. The minimum atomic E-state index is 0.0129. The smallest absolute Gasteiger partial charge is 0.317 e. The Bertz CT molecular complexity index is 204. The molecule has 1 N–H and O–H groups in total. The molecule has 0 bridgehead atoms. The molecule has 0 atom stereocenters. The summed E-state index contributed by atoms with van der Waals surface area (Å²) in [5, 5.41) is 2.73. The Morgan fingerprint density at radius 1 is 1.77 bits per heavy atom. The summed E-state index contributed by atoms with van der Waals surface area (Å²) in [5.41, 5.74) is 1.01. The SMILES string of the molecule is C=C(C)COCCN1CCNC1=O. The maximum Gasteiger partial charge on any atom is 0.317 e. The molecule has 1 fully saturated rings. The summed E-state index contributed by atoms with van der Waals surface area (Å²) in [7, 11) is 0. The van der Waals surface area contributed by atoms with Crippen LogP contribution in [0.15, 0.2) is 12.2 Å². The van der Waals surface area contributed by atoms with Gasteiger partial charge in [-0.3, -0.25) is 0 Å². The van der Waals surface area contributed by atoms with Gasteiger partial charge in [0, 0.05) is 19.6 Å². The molecule has 4 heteroatoms. The Balaban J connectivity index is 2.05. The van der Waals surface area contributed by atoms with Crippen LogP contribution in [0.2, 0.25) is 0 Å². The van der Waals surface area contributed by atoms with Gasteiger partial charge in [0.25, 0.3) is 0 Å². The minimum absolute atomic E-state index is 0.0129. The highest BCUT2D eigenvalue weighted by Crippen LogP contribution is 1.96. The lowest BCUT2D eigenvalue weighted by atomic mass is 10.4. The molecule has 0 saturated carbocycles. The number of nitrogens with one attached hydrogen (secondary N) is 1. The van der Waals surface area contributed by atoms with Crippen molar-refractivity contribution in [3.8, 4) is 0 Å². The first kappa shape index (κ1) is 10.1. The van der Waals surface area contributed by atoms with Gasteiger partial charge in [-0.25, -0.2) is 4.79 Å². The molecule has 1 rings (SSSR count). The Hall–Kier alpha value is -1.03. The number of ether oxygens (including phenoxy) is 1. The standard InChI is InChI=1S/C9H16N2O2/c1-8(2)7-13-6-5-11-4-3-10-9(11)12/h1,3-7H2,2H3,(H,10,12). The lowest BCUT2D eigenvalue weighted by molar-refractivity contribution is 0.133. The maximum absolute atomic E-state index is 11.0. The van der Waals surface area contributed by atoms with E-state index >= 15 is 0 Å². The van der Waals surface area contributed by atoms with E-state index in [4.69, 9.17) is 4.74 Å². The van der Waals surface area contributed by atoms with Crippen LogP contribution in [0.3, 0.4) is 0 Å². The Morgan fingerprint density at radius 2 is 2.54 bits per heavy atom. The number of rotatable bonds is 5. The Morgan fingerprint density at radius 3 is 3.08 bits per heavy atom. The molecule has 0 aliphatic carbocycles. The van der Waals surface area contributed by atoms with Crippen LogP contribution >= 0.6 is 0 Å². The molecule has 1 aliphatic heterocycles. The predicted molar refractivity (Wildman–Crippen MR) is 50.6 cm³/mol. The number of nitrogens with zero attached hydrogens (tertiary/aromatic N) is 1. The molecule has 0 aromatic carbocycles. The van der Waals surface area contributed by atoms with E-state index in [1.165, 1.54) is 0 Å². The normalized spacial score (nSPS) is 16.1. The molecule has 13 heavy (non-hydrogen) atoms. The van der Waals surface area contributed by atoms with Crippen molar-refractivity contribution in [3.05, 3.63) is 12.2 Å². The minimum Gasteiger partial charge on any atom is -0.375 e. The molecule has 0 aromatic heterocycles. The van der Waals surface area contributed by atoms with Crippen molar-refractivity contribution in [2.45, 2.75) is 6.92 Å². The second-order valence-corrected chi connectivity index (χ2v) is 3.23. The van der Waals surface area contributed by atoms with Crippen molar-refractivity contribution in [3.63, 3.8) is 0 Å². The largest absolute Gasteiger partial charge is 0.375 e. The highest BCUT2D eigenvalue weighted by Gasteiger charge is 2.18. The zero-order valence-electron chi connectivity index (χ0n) is 8.01. The van der Waals surface area contributed by atoms with Crippen LogP contribution in [-0.4, -0.2) is 43.8 Å². The number of hydrogen-bond acceptors (Lipinski definition) is 2. The number of amides is 2. The number of hydrogen-bond donors (Lipinski definition) is 1. The van der Waals surface area contributed by atoms with E-state index in [1.54, 1.807) is 4.90 Å². The molecule has 0 spiro atoms. The van der Waals surface area contributed by atoms with Crippen LogP contribution in [0, 0.1) is 0 Å². The summed E-state index contributed by atoms with van der Waals surface area (Å²) in [6.07, 6.45) is 0. The zero-order valence-corrected chi connectivity index (χ0v) is 8.01. The lowest BCUT2D eigenvalue weighted by Gasteiger charge is -2.13. The van der Waals surface area contributed by atoms with E-state index in [1.807, 2.05) is 6.92 Å². The first-order valence-electron chi connectivity index (χ1n) is 4.45. The summed E-state index contributed by atoms with van der Waals surface area (Å²) in [5.74, 6) is 0. The number of carbonyl (C=O) groups is 1. The average Bonchev–Trinajstić information content (AvgIpc) is 2.45. The summed E-state index contributed by atoms with van der Waals surface area (Å²) in [6.45, 7) is 9.01. The summed E-state index contributed by atoms with van der Waals surface area (Å²) >= 11 is 0. The van der Waals surface area contributed by atoms with E-state index in [-0.39, 0.29) is 6.03 Å². The van der Waals surface area contributed by atoms with Gasteiger partial charge in [-0.1, -0.05) is 12.2 Å². The third-order valence-electron chi connectivity index (χ3n) is 1.80. The fourth-order valence-corrected chi connectivity index (χ4v) is 1.15. The van der Waals surface area contributed by atoms with Crippen molar-refractivity contribution in [1.82, 2.24) is 10.2 Å². The van der Waals surface area contributed by atoms with Crippen molar-refractivity contribution >= 4 is 6.03 Å². The van der Waals surface area contributed by atoms with Crippen LogP contribution in [0.1, 0.15) is 6.92 Å². The van der Waals surface area contributed by atoms with E-state index in [0.717, 1.165) is 18.7 Å². The fourth-order valence-electron chi connectivity index (χ4n) is 1.15. The molecular formula is C9H16N2O2. The summed E-state index contributed by atoms with van der Waals surface area (Å²) < 4.78 is 5.28. The van der Waals surface area contributed by atoms with Crippen LogP contribution in [0.5, 0.6) is 0 Å². The topological polar surface area (TPSA) is 41.6 Å². The fraction of sp³-hybridized carbons (Fsp3) is 0.667. The molecular weight excluding hydrogens is 168 g/mol. The van der Waals surface area contributed by atoms with Crippen molar-refractivity contribution in [2.75, 3.05) is 32.8 Å². The molecule has 4 nitrogen and oxygen atoms in total. The van der Waals surface area contributed by atoms with Crippen LogP contribution in [0.25, 0.3) is 0 Å². The lowest BCUT2D eigenvalue weighted by Crippen LogP contribution is -2.31. The van der Waals surface area contributed by atoms with Gasteiger partial charge in [-0.2, -0.15) is 0 Å². The van der Waals surface area contributed by atoms with Gasteiger partial charge in [-0.05, 0) is 6.92 Å². The molecule has 0 unspecified atom stereocenters. The van der Waals surface area contributed by atoms with Crippen LogP contribution in [-0.2, 0) is 4.74 Å². The second-order valence-electron chi connectivity index (χ2n) is 3.23. The molecule has 0 radical (unpaired) electrons. The van der Waals surface area contributed by atoms with E-state index in [9.17, 15) is 4.79 Å². The number of carbonyl (C=O) groups excluding carboxylic acids is 1. The van der Waals surface area contributed by atoms with Gasteiger partial charge in [0.15, 0.2) is 0 Å². The highest BCUT2D eigenvalue weighted by atomic mass is 16.5. The van der Waals surface area contributed by atoms with Crippen LogP contribution < -0.4 is 5.32 Å². The molecule has 1 saturated heterocycles. The first-order chi connectivity index (χ1) is 6.20. The summed E-state index contributed by atoms with van der Waals surface area (Å²) in [6, 6.07) is 0.0129. The Labute approximate surface area is 78.5 Å². The van der Waals surface area contributed by atoms with Gasteiger partial charge < -0.3 is 15.0 Å². The third-order valence-corrected chi connectivity index (χ3v) is 1.80. The molecule has 74 valence electrons. The third kappa shape index (κ3) is 3.46. The number of urea groups is 1. The average molecular weight is 184 g/mol. The predicted octanol–water partition coefficient (Wildman–Crippen LogP) is 0.604. The monoisotopic (exact) mass is 184 g/mol.